The fraction of sp³-hybridized carbons (Fsp3) is 0.500. The standard InChI is InChI=1S/C18H24N4OS/c1-4-15-19-17(24-20-15)22-12-10-21(11-13-22)16(23)18(2,3)14-8-6-5-7-9-14/h5-9H,4,10-13H2,1-3H3. The highest BCUT2D eigenvalue weighted by Crippen LogP contribution is 2.27. The van der Waals surface area contributed by atoms with Crippen LogP contribution in [0.4, 0.5) is 5.13 Å². The van der Waals surface area contributed by atoms with Gasteiger partial charge in [0.2, 0.25) is 11.0 Å². The molecule has 1 amide bonds. The summed E-state index contributed by atoms with van der Waals surface area (Å²) < 4.78 is 4.35. The smallest absolute Gasteiger partial charge is 0.232 e. The normalized spacial score (nSPS) is 15.6. The van der Waals surface area contributed by atoms with Crippen molar-refractivity contribution in [2.45, 2.75) is 32.6 Å². The van der Waals surface area contributed by atoms with Crippen molar-refractivity contribution in [2.75, 3.05) is 31.1 Å². The second-order valence-electron chi connectivity index (χ2n) is 6.62. The van der Waals surface area contributed by atoms with E-state index in [9.17, 15) is 4.79 Å². The summed E-state index contributed by atoms with van der Waals surface area (Å²) in [6.07, 6.45) is 0.861. The highest BCUT2D eigenvalue weighted by molar-refractivity contribution is 7.09. The molecule has 0 spiro atoms. The van der Waals surface area contributed by atoms with E-state index in [-0.39, 0.29) is 5.91 Å². The van der Waals surface area contributed by atoms with Gasteiger partial charge in [-0.15, -0.1) is 0 Å². The van der Waals surface area contributed by atoms with Crippen molar-refractivity contribution >= 4 is 22.6 Å². The van der Waals surface area contributed by atoms with Gasteiger partial charge in [-0.3, -0.25) is 4.79 Å². The Hall–Kier alpha value is -1.95. The fourth-order valence-electron chi connectivity index (χ4n) is 2.99. The predicted octanol–water partition coefficient (Wildman–Crippen LogP) is 2.73. The van der Waals surface area contributed by atoms with Crippen LogP contribution in [0.3, 0.4) is 0 Å². The van der Waals surface area contributed by atoms with Gasteiger partial charge in [-0.05, 0) is 19.4 Å². The largest absolute Gasteiger partial charge is 0.343 e. The Labute approximate surface area is 147 Å². The zero-order chi connectivity index (χ0) is 17.2. The molecule has 0 unspecified atom stereocenters. The lowest BCUT2D eigenvalue weighted by Crippen LogP contribution is -2.53. The molecule has 6 heteroatoms. The number of carbonyl (C=O) groups is 1. The molecule has 0 N–H and O–H groups in total. The number of hydrogen-bond donors (Lipinski definition) is 0. The van der Waals surface area contributed by atoms with E-state index in [0.29, 0.717) is 0 Å². The van der Waals surface area contributed by atoms with Crippen molar-refractivity contribution in [3.63, 3.8) is 0 Å². The summed E-state index contributed by atoms with van der Waals surface area (Å²) in [5.41, 5.74) is 0.566. The molecule has 5 nitrogen and oxygen atoms in total. The van der Waals surface area contributed by atoms with Crippen LogP contribution < -0.4 is 4.90 Å². The van der Waals surface area contributed by atoms with E-state index in [4.69, 9.17) is 0 Å². The zero-order valence-corrected chi connectivity index (χ0v) is 15.3. The molecule has 1 aliphatic rings. The Morgan fingerprint density at radius 3 is 2.42 bits per heavy atom. The predicted molar refractivity (Wildman–Crippen MR) is 97.5 cm³/mol. The summed E-state index contributed by atoms with van der Waals surface area (Å²) in [4.78, 5) is 21.8. The number of anilines is 1. The van der Waals surface area contributed by atoms with Crippen molar-refractivity contribution < 1.29 is 4.79 Å². The molecule has 0 bridgehead atoms. The number of nitrogens with zero attached hydrogens (tertiary/aromatic N) is 4. The van der Waals surface area contributed by atoms with Crippen LogP contribution in [0.25, 0.3) is 0 Å². The fourth-order valence-corrected chi connectivity index (χ4v) is 3.79. The third-order valence-corrected chi connectivity index (χ3v) is 5.46. The van der Waals surface area contributed by atoms with E-state index in [1.54, 1.807) is 0 Å². The Morgan fingerprint density at radius 2 is 1.83 bits per heavy atom. The summed E-state index contributed by atoms with van der Waals surface area (Å²) in [6, 6.07) is 10.0. The number of benzene rings is 1. The van der Waals surface area contributed by atoms with Gasteiger partial charge < -0.3 is 9.80 Å². The van der Waals surface area contributed by atoms with E-state index in [1.165, 1.54) is 11.5 Å². The number of amides is 1. The third-order valence-electron chi connectivity index (χ3n) is 4.64. The molecular weight excluding hydrogens is 320 g/mol. The van der Waals surface area contributed by atoms with Crippen LogP contribution in [0.2, 0.25) is 0 Å². The topological polar surface area (TPSA) is 49.3 Å². The van der Waals surface area contributed by atoms with E-state index >= 15 is 0 Å². The van der Waals surface area contributed by atoms with Gasteiger partial charge in [-0.25, -0.2) is 4.98 Å². The molecule has 24 heavy (non-hydrogen) atoms. The first-order valence-corrected chi connectivity index (χ1v) is 9.22. The van der Waals surface area contributed by atoms with E-state index in [1.807, 2.05) is 49.1 Å². The highest BCUT2D eigenvalue weighted by Gasteiger charge is 2.35. The van der Waals surface area contributed by atoms with Crippen LogP contribution in [0, 0.1) is 0 Å². The molecule has 2 heterocycles. The summed E-state index contributed by atoms with van der Waals surface area (Å²) in [6.45, 7) is 9.18. The average Bonchev–Trinajstić information content (AvgIpc) is 3.11. The molecule has 3 rings (SSSR count). The van der Waals surface area contributed by atoms with Crippen LogP contribution in [0.1, 0.15) is 32.2 Å². The molecule has 128 valence electrons. The van der Waals surface area contributed by atoms with Crippen molar-refractivity contribution in [1.82, 2.24) is 14.3 Å². The molecule has 0 radical (unpaired) electrons. The molecule has 0 saturated carbocycles. The van der Waals surface area contributed by atoms with Gasteiger partial charge in [0.05, 0.1) is 5.41 Å². The minimum atomic E-state index is -0.498. The van der Waals surface area contributed by atoms with Crippen molar-refractivity contribution in [2.24, 2.45) is 0 Å². The van der Waals surface area contributed by atoms with Gasteiger partial charge in [-0.2, -0.15) is 4.37 Å². The van der Waals surface area contributed by atoms with Crippen LogP contribution in [0.15, 0.2) is 30.3 Å². The first-order chi connectivity index (χ1) is 11.5. The maximum Gasteiger partial charge on any atom is 0.232 e. The Morgan fingerprint density at radius 1 is 1.17 bits per heavy atom. The average molecular weight is 344 g/mol. The van der Waals surface area contributed by atoms with Crippen LogP contribution in [-0.4, -0.2) is 46.3 Å². The second kappa shape index (κ2) is 6.89. The second-order valence-corrected chi connectivity index (χ2v) is 7.35. The Kier molecular flexibility index (Phi) is 4.85. The van der Waals surface area contributed by atoms with Crippen molar-refractivity contribution in [3.8, 4) is 0 Å². The molecule has 0 atom stereocenters. The summed E-state index contributed by atoms with van der Waals surface area (Å²) in [5, 5.41) is 0.973. The minimum absolute atomic E-state index is 0.194. The number of piperazine rings is 1. The lowest BCUT2D eigenvalue weighted by atomic mass is 9.83. The number of aromatic nitrogens is 2. The molecule has 1 aromatic heterocycles. The first-order valence-electron chi connectivity index (χ1n) is 8.45. The number of rotatable bonds is 4. The quantitative estimate of drug-likeness (QED) is 0.856. The van der Waals surface area contributed by atoms with Gasteiger partial charge in [0, 0.05) is 44.1 Å². The lowest BCUT2D eigenvalue weighted by Gasteiger charge is -2.38. The SMILES string of the molecule is CCc1nsc(N2CCN(C(=O)C(C)(C)c3ccccc3)CC2)n1. The summed E-state index contributed by atoms with van der Waals surface area (Å²) in [5.74, 6) is 1.10. The minimum Gasteiger partial charge on any atom is -0.343 e. The molecule has 1 aliphatic heterocycles. The van der Waals surface area contributed by atoms with Crippen molar-refractivity contribution in [1.29, 1.82) is 0 Å². The van der Waals surface area contributed by atoms with E-state index < -0.39 is 5.41 Å². The monoisotopic (exact) mass is 344 g/mol. The summed E-state index contributed by atoms with van der Waals surface area (Å²) >= 11 is 1.45. The zero-order valence-electron chi connectivity index (χ0n) is 14.5. The van der Waals surface area contributed by atoms with Gasteiger partial charge in [-0.1, -0.05) is 37.3 Å². The molecule has 2 aromatic rings. The van der Waals surface area contributed by atoms with E-state index in [0.717, 1.165) is 49.1 Å². The molecule has 1 saturated heterocycles. The number of carbonyl (C=O) groups excluding carboxylic acids is 1. The maximum absolute atomic E-state index is 13.0. The Balaban J connectivity index is 1.64. The summed E-state index contributed by atoms with van der Waals surface area (Å²) in [7, 11) is 0. The third kappa shape index (κ3) is 3.29. The van der Waals surface area contributed by atoms with Crippen LogP contribution in [-0.2, 0) is 16.6 Å². The van der Waals surface area contributed by atoms with Gasteiger partial charge in [0.15, 0.2) is 0 Å². The van der Waals surface area contributed by atoms with Crippen molar-refractivity contribution in [3.05, 3.63) is 41.7 Å². The number of hydrogen-bond acceptors (Lipinski definition) is 5. The molecule has 0 aliphatic carbocycles. The highest BCUT2D eigenvalue weighted by atomic mass is 32.1. The molecule has 1 aromatic carbocycles. The number of aryl methyl sites for hydroxylation is 1. The maximum atomic E-state index is 13.0. The Bertz CT molecular complexity index is 690. The van der Waals surface area contributed by atoms with Gasteiger partial charge in [0.25, 0.3) is 0 Å². The molecule has 1 fully saturated rings. The van der Waals surface area contributed by atoms with Crippen LogP contribution >= 0.6 is 11.5 Å². The first kappa shape index (κ1) is 16.9. The van der Waals surface area contributed by atoms with Gasteiger partial charge in [0.1, 0.15) is 5.82 Å². The van der Waals surface area contributed by atoms with Crippen LogP contribution in [0.5, 0.6) is 0 Å². The lowest BCUT2D eigenvalue weighted by molar-refractivity contribution is -0.136. The van der Waals surface area contributed by atoms with E-state index in [2.05, 4.69) is 21.2 Å². The molecular formula is C18H24N4OS. The van der Waals surface area contributed by atoms with Gasteiger partial charge >= 0.3 is 0 Å².